The number of piperidine rings is 1. The van der Waals surface area contributed by atoms with Crippen molar-refractivity contribution in [2.24, 2.45) is 0 Å². The SMILES string of the molecule is Cc1nccc(OC2CCCN(C(=O)C3CCCN3C(=O)OC(C)(C)C)C2)n1. The van der Waals surface area contributed by atoms with E-state index in [-0.39, 0.29) is 12.0 Å². The van der Waals surface area contributed by atoms with Gasteiger partial charge < -0.3 is 14.4 Å². The van der Waals surface area contributed by atoms with Crippen molar-refractivity contribution in [1.82, 2.24) is 19.8 Å². The molecule has 1 aromatic heterocycles. The number of carbonyl (C=O) groups excluding carboxylic acids is 2. The lowest BCUT2D eigenvalue weighted by atomic mass is 10.1. The molecular weight excluding hydrogens is 360 g/mol. The predicted octanol–water partition coefficient (Wildman–Crippen LogP) is 2.55. The van der Waals surface area contributed by atoms with Crippen molar-refractivity contribution in [2.75, 3.05) is 19.6 Å². The lowest BCUT2D eigenvalue weighted by molar-refractivity contribution is -0.138. The third-order valence-electron chi connectivity index (χ3n) is 4.89. The number of amides is 2. The van der Waals surface area contributed by atoms with Gasteiger partial charge in [-0.15, -0.1) is 0 Å². The fraction of sp³-hybridized carbons (Fsp3) is 0.700. The normalized spacial score (nSPS) is 22.9. The molecule has 0 N–H and O–H groups in total. The first kappa shape index (κ1) is 20.4. The minimum atomic E-state index is -0.576. The Morgan fingerprint density at radius 3 is 2.64 bits per heavy atom. The van der Waals surface area contributed by atoms with Crippen LogP contribution in [0.15, 0.2) is 12.3 Å². The maximum Gasteiger partial charge on any atom is 0.410 e. The standard InChI is InChI=1S/C20H30N4O4/c1-14-21-10-9-17(22-14)27-15-7-5-11-23(13-15)18(25)16-8-6-12-24(16)19(26)28-20(2,3)4/h9-10,15-16H,5-8,11-13H2,1-4H3. The van der Waals surface area contributed by atoms with Gasteiger partial charge in [0.05, 0.1) is 6.54 Å². The van der Waals surface area contributed by atoms with Crippen LogP contribution in [0.25, 0.3) is 0 Å². The van der Waals surface area contributed by atoms with E-state index in [4.69, 9.17) is 9.47 Å². The van der Waals surface area contributed by atoms with Crippen molar-refractivity contribution in [3.8, 4) is 5.88 Å². The van der Waals surface area contributed by atoms with Gasteiger partial charge in [0.15, 0.2) is 0 Å². The van der Waals surface area contributed by atoms with Crippen LogP contribution in [0, 0.1) is 6.92 Å². The lowest BCUT2D eigenvalue weighted by Gasteiger charge is -2.36. The van der Waals surface area contributed by atoms with Crippen molar-refractivity contribution < 1.29 is 19.1 Å². The molecule has 2 aliphatic heterocycles. The first-order valence-corrected chi connectivity index (χ1v) is 9.97. The highest BCUT2D eigenvalue weighted by atomic mass is 16.6. The Kier molecular flexibility index (Phi) is 6.05. The van der Waals surface area contributed by atoms with E-state index >= 15 is 0 Å². The molecule has 3 rings (SSSR count). The summed E-state index contributed by atoms with van der Waals surface area (Å²) in [6, 6.07) is 1.28. The average Bonchev–Trinajstić information content (AvgIpc) is 3.10. The Morgan fingerprint density at radius 2 is 1.93 bits per heavy atom. The number of ether oxygens (including phenoxy) is 2. The Bertz CT molecular complexity index is 718. The molecule has 0 bridgehead atoms. The van der Waals surface area contributed by atoms with Gasteiger partial charge >= 0.3 is 6.09 Å². The fourth-order valence-corrected chi connectivity index (χ4v) is 3.68. The molecule has 0 aromatic carbocycles. The van der Waals surface area contributed by atoms with Gasteiger partial charge in [-0.05, 0) is 53.4 Å². The molecule has 0 aliphatic carbocycles. The molecule has 8 heteroatoms. The monoisotopic (exact) mass is 390 g/mol. The van der Waals surface area contributed by atoms with Crippen LogP contribution in [-0.2, 0) is 9.53 Å². The van der Waals surface area contributed by atoms with E-state index < -0.39 is 17.7 Å². The van der Waals surface area contributed by atoms with Crippen LogP contribution in [0.1, 0.15) is 52.3 Å². The van der Waals surface area contributed by atoms with Gasteiger partial charge in [-0.1, -0.05) is 0 Å². The summed E-state index contributed by atoms with van der Waals surface area (Å²) in [5.41, 5.74) is -0.576. The third kappa shape index (κ3) is 5.11. The van der Waals surface area contributed by atoms with E-state index in [0.717, 1.165) is 19.3 Å². The minimum Gasteiger partial charge on any atom is -0.472 e. The third-order valence-corrected chi connectivity index (χ3v) is 4.89. The number of likely N-dealkylation sites (tertiary alicyclic amines) is 2. The molecule has 2 amide bonds. The number of rotatable bonds is 3. The zero-order valence-electron chi connectivity index (χ0n) is 17.2. The predicted molar refractivity (Wildman–Crippen MR) is 103 cm³/mol. The van der Waals surface area contributed by atoms with E-state index in [1.165, 1.54) is 0 Å². The zero-order chi connectivity index (χ0) is 20.3. The number of carbonyl (C=O) groups is 2. The molecule has 2 saturated heterocycles. The van der Waals surface area contributed by atoms with Gasteiger partial charge in [0.2, 0.25) is 11.8 Å². The van der Waals surface area contributed by atoms with Crippen LogP contribution >= 0.6 is 0 Å². The molecule has 2 atom stereocenters. The summed E-state index contributed by atoms with van der Waals surface area (Å²) in [5, 5.41) is 0. The smallest absolute Gasteiger partial charge is 0.410 e. The van der Waals surface area contributed by atoms with Crippen molar-refractivity contribution in [3.05, 3.63) is 18.1 Å². The second-order valence-electron chi connectivity index (χ2n) is 8.44. The van der Waals surface area contributed by atoms with Crippen LogP contribution < -0.4 is 4.74 Å². The molecule has 2 unspecified atom stereocenters. The molecule has 8 nitrogen and oxygen atoms in total. The van der Waals surface area contributed by atoms with Crippen LogP contribution in [0.2, 0.25) is 0 Å². The number of aromatic nitrogens is 2. The summed E-state index contributed by atoms with van der Waals surface area (Å²) >= 11 is 0. The van der Waals surface area contributed by atoms with Crippen LogP contribution in [0.4, 0.5) is 4.79 Å². The average molecular weight is 390 g/mol. The second kappa shape index (κ2) is 8.32. The quantitative estimate of drug-likeness (QED) is 0.789. The maximum absolute atomic E-state index is 13.1. The summed E-state index contributed by atoms with van der Waals surface area (Å²) in [4.78, 5) is 37.4. The molecular formula is C20H30N4O4. The van der Waals surface area contributed by atoms with E-state index in [0.29, 0.717) is 37.8 Å². The highest BCUT2D eigenvalue weighted by Crippen LogP contribution is 2.25. The largest absolute Gasteiger partial charge is 0.472 e. The summed E-state index contributed by atoms with van der Waals surface area (Å²) in [7, 11) is 0. The highest BCUT2D eigenvalue weighted by Gasteiger charge is 2.39. The van der Waals surface area contributed by atoms with Gasteiger partial charge in [0.25, 0.3) is 0 Å². The Hall–Kier alpha value is -2.38. The first-order chi connectivity index (χ1) is 13.2. The van der Waals surface area contributed by atoms with Gasteiger partial charge in [-0.2, -0.15) is 4.98 Å². The fourth-order valence-electron chi connectivity index (χ4n) is 3.68. The summed E-state index contributed by atoms with van der Waals surface area (Å²) in [6.45, 7) is 9.05. The molecule has 2 fully saturated rings. The molecule has 0 saturated carbocycles. The van der Waals surface area contributed by atoms with E-state index in [1.807, 2.05) is 32.6 Å². The minimum absolute atomic E-state index is 0.0180. The van der Waals surface area contributed by atoms with Gasteiger partial charge in [-0.3, -0.25) is 9.69 Å². The van der Waals surface area contributed by atoms with E-state index in [1.54, 1.807) is 17.2 Å². The van der Waals surface area contributed by atoms with Crippen molar-refractivity contribution in [1.29, 1.82) is 0 Å². The topological polar surface area (TPSA) is 84.9 Å². The maximum atomic E-state index is 13.1. The zero-order valence-corrected chi connectivity index (χ0v) is 17.2. The van der Waals surface area contributed by atoms with Crippen molar-refractivity contribution in [3.63, 3.8) is 0 Å². The molecule has 3 heterocycles. The Balaban J connectivity index is 1.62. The van der Waals surface area contributed by atoms with Gasteiger partial charge in [0.1, 0.15) is 23.6 Å². The van der Waals surface area contributed by atoms with Gasteiger partial charge in [-0.25, -0.2) is 9.78 Å². The Labute approximate surface area is 166 Å². The van der Waals surface area contributed by atoms with Crippen molar-refractivity contribution in [2.45, 2.75) is 71.1 Å². The number of hydrogen-bond acceptors (Lipinski definition) is 6. The molecule has 28 heavy (non-hydrogen) atoms. The first-order valence-electron chi connectivity index (χ1n) is 9.97. The van der Waals surface area contributed by atoms with Gasteiger partial charge in [0, 0.05) is 25.4 Å². The highest BCUT2D eigenvalue weighted by molar-refractivity contribution is 5.86. The van der Waals surface area contributed by atoms with Crippen molar-refractivity contribution >= 4 is 12.0 Å². The number of aryl methyl sites for hydroxylation is 1. The molecule has 1 aromatic rings. The molecule has 0 spiro atoms. The molecule has 154 valence electrons. The Morgan fingerprint density at radius 1 is 1.18 bits per heavy atom. The summed E-state index contributed by atoms with van der Waals surface area (Å²) < 4.78 is 11.4. The van der Waals surface area contributed by atoms with Crippen LogP contribution in [0.5, 0.6) is 5.88 Å². The molecule has 2 aliphatic rings. The van der Waals surface area contributed by atoms with E-state index in [9.17, 15) is 9.59 Å². The summed E-state index contributed by atoms with van der Waals surface area (Å²) in [6.07, 6.45) is 4.36. The summed E-state index contributed by atoms with van der Waals surface area (Å²) in [5.74, 6) is 1.17. The van der Waals surface area contributed by atoms with Crippen LogP contribution in [0.3, 0.4) is 0 Å². The molecule has 0 radical (unpaired) electrons. The number of hydrogen-bond donors (Lipinski definition) is 0. The van der Waals surface area contributed by atoms with Crippen LogP contribution in [-0.4, -0.2) is 69.1 Å². The van der Waals surface area contributed by atoms with E-state index in [2.05, 4.69) is 9.97 Å². The second-order valence-corrected chi connectivity index (χ2v) is 8.44. The number of nitrogens with zero attached hydrogens (tertiary/aromatic N) is 4. The lowest BCUT2D eigenvalue weighted by Crippen LogP contribution is -2.53.